The molecule has 0 unspecified atom stereocenters. The number of para-hydroxylation sites is 1. The van der Waals surface area contributed by atoms with E-state index in [1.165, 1.54) is 0 Å². The standard InChI is InChI=1S/C16H23N3O3/c1-12(2)19(7-9-22-10-8-20)11-15-17-14-6-4-3-5-13(14)16(21)18-15/h3-6,12,20H,7-11H2,1-2H3,(H,17,18,21). The second-order valence-electron chi connectivity index (χ2n) is 5.43. The Hall–Kier alpha value is -1.76. The maximum Gasteiger partial charge on any atom is 0.258 e. The molecule has 0 fully saturated rings. The van der Waals surface area contributed by atoms with Gasteiger partial charge in [-0.1, -0.05) is 12.1 Å². The SMILES string of the molecule is CC(C)N(CCOCCO)Cc1nc2ccccc2c(=O)[nH]1. The zero-order valence-electron chi connectivity index (χ0n) is 13.1. The minimum atomic E-state index is -0.110. The van der Waals surface area contributed by atoms with Gasteiger partial charge in [0.2, 0.25) is 0 Å². The van der Waals surface area contributed by atoms with E-state index in [-0.39, 0.29) is 12.2 Å². The topological polar surface area (TPSA) is 78.5 Å². The van der Waals surface area contributed by atoms with Gasteiger partial charge in [0, 0.05) is 12.6 Å². The lowest BCUT2D eigenvalue weighted by atomic mass is 10.2. The van der Waals surface area contributed by atoms with Crippen LogP contribution in [0.4, 0.5) is 0 Å². The third-order valence-corrected chi connectivity index (χ3v) is 3.50. The fourth-order valence-corrected chi connectivity index (χ4v) is 2.27. The first-order valence-electron chi connectivity index (χ1n) is 7.52. The number of hydrogen-bond acceptors (Lipinski definition) is 5. The fourth-order valence-electron chi connectivity index (χ4n) is 2.27. The first-order valence-corrected chi connectivity index (χ1v) is 7.52. The number of hydrogen-bond donors (Lipinski definition) is 2. The summed E-state index contributed by atoms with van der Waals surface area (Å²) in [5.41, 5.74) is 0.599. The van der Waals surface area contributed by atoms with Crippen LogP contribution in [0, 0.1) is 0 Å². The van der Waals surface area contributed by atoms with Crippen LogP contribution in [0.15, 0.2) is 29.1 Å². The van der Waals surface area contributed by atoms with Gasteiger partial charge in [0.05, 0.1) is 37.3 Å². The number of aliphatic hydroxyl groups is 1. The number of nitrogens with zero attached hydrogens (tertiary/aromatic N) is 2. The van der Waals surface area contributed by atoms with Crippen LogP contribution in [0.3, 0.4) is 0 Å². The van der Waals surface area contributed by atoms with Crippen molar-refractivity contribution in [3.05, 3.63) is 40.4 Å². The number of rotatable bonds is 8. The largest absolute Gasteiger partial charge is 0.394 e. The molecule has 2 rings (SSSR count). The van der Waals surface area contributed by atoms with E-state index in [2.05, 4.69) is 28.7 Å². The van der Waals surface area contributed by atoms with Crippen LogP contribution in [0.5, 0.6) is 0 Å². The summed E-state index contributed by atoms with van der Waals surface area (Å²) in [5, 5.41) is 9.32. The molecule has 1 aromatic carbocycles. The van der Waals surface area contributed by atoms with Gasteiger partial charge in [0.15, 0.2) is 0 Å². The summed E-state index contributed by atoms with van der Waals surface area (Å²) in [7, 11) is 0. The number of H-pyrrole nitrogens is 1. The van der Waals surface area contributed by atoms with Gasteiger partial charge in [-0.05, 0) is 26.0 Å². The summed E-state index contributed by atoms with van der Waals surface area (Å²) < 4.78 is 5.31. The van der Waals surface area contributed by atoms with Crippen LogP contribution in [0.1, 0.15) is 19.7 Å². The zero-order valence-corrected chi connectivity index (χ0v) is 13.1. The molecule has 1 heterocycles. The summed E-state index contributed by atoms with van der Waals surface area (Å²) in [6, 6.07) is 7.63. The van der Waals surface area contributed by atoms with Crippen molar-refractivity contribution in [2.75, 3.05) is 26.4 Å². The number of ether oxygens (including phenoxy) is 1. The van der Waals surface area contributed by atoms with Gasteiger partial charge in [-0.2, -0.15) is 0 Å². The molecular formula is C16H23N3O3. The molecule has 0 atom stereocenters. The molecule has 2 aromatic rings. The summed E-state index contributed by atoms with van der Waals surface area (Å²) in [5.74, 6) is 0.652. The van der Waals surface area contributed by atoms with E-state index >= 15 is 0 Å². The smallest absolute Gasteiger partial charge is 0.258 e. The average Bonchev–Trinajstić information content (AvgIpc) is 2.50. The lowest BCUT2D eigenvalue weighted by molar-refractivity contribution is 0.0639. The number of fused-ring (bicyclic) bond motifs is 1. The number of aromatic nitrogens is 2. The highest BCUT2D eigenvalue weighted by molar-refractivity contribution is 5.77. The molecule has 1 aromatic heterocycles. The number of aliphatic hydroxyl groups excluding tert-OH is 1. The van der Waals surface area contributed by atoms with E-state index in [1.54, 1.807) is 6.07 Å². The molecule has 0 amide bonds. The van der Waals surface area contributed by atoms with Crippen LogP contribution in [-0.4, -0.2) is 52.4 Å². The summed E-state index contributed by atoms with van der Waals surface area (Å²) in [6.45, 7) is 6.36. The van der Waals surface area contributed by atoms with Crippen LogP contribution in [0.2, 0.25) is 0 Å². The first kappa shape index (κ1) is 16.6. The molecule has 0 bridgehead atoms. The van der Waals surface area contributed by atoms with Gasteiger partial charge in [0.25, 0.3) is 5.56 Å². The summed E-state index contributed by atoms with van der Waals surface area (Å²) >= 11 is 0. The van der Waals surface area contributed by atoms with Crippen LogP contribution < -0.4 is 5.56 Å². The molecule has 0 radical (unpaired) electrons. The van der Waals surface area contributed by atoms with E-state index in [9.17, 15) is 4.79 Å². The minimum Gasteiger partial charge on any atom is -0.394 e. The van der Waals surface area contributed by atoms with Crippen molar-refractivity contribution in [3.63, 3.8) is 0 Å². The monoisotopic (exact) mass is 305 g/mol. The summed E-state index contributed by atoms with van der Waals surface area (Å²) in [4.78, 5) is 21.6. The van der Waals surface area contributed by atoms with Crippen LogP contribution in [0.25, 0.3) is 10.9 Å². The molecule has 22 heavy (non-hydrogen) atoms. The molecule has 0 spiro atoms. The second kappa shape index (κ2) is 8.03. The van der Waals surface area contributed by atoms with Gasteiger partial charge >= 0.3 is 0 Å². The minimum absolute atomic E-state index is 0.0290. The predicted molar refractivity (Wildman–Crippen MR) is 85.8 cm³/mol. The Labute approximate surface area is 129 Å². The van der Waals surface area contributed by atoms with Crippen LogP contribution in [-0.2, 0) is 11.3 Å². The Bertz CT molecular complexity index is 654. The van der Waals surface area contributed by atoms with E-state index in [0.29, 0.717) is 49.1 Å². The zero-order chi connectivity index (χ0) is 15.9. The second-order valence-corrected chi connectivity index (χ2v) is 5.43. The van der Waals surface area contributed by atoms with Crippen molar-refractivity contribution in [1.29, 1.82) is 0 Å². The summed E-state index contributed by atoms with van der Waals surface area (Å²) in [6.07, 6.45) is 0. The van der Waals surface area contributed by atoms with E-state index in [4.69, 9.17) is 9.84 Å². The van der Waals surface area contributed by atoms with Gasteiger partial charge in [-0.25, -0.2) is 4.98 Å². The highest BCUT2D eigenvalue weighted by Gasteiger charge is 2.12. The van der Waals surface area contributed by atoms with E-state index in [1.807, 2.05) is 18.2 Å². The highest BCUT2D eigenvalue weighted by atomic mass is 16.5. The maximum absolute atomic E-state index is 12.1. The Morgan fingerprint density at radius 1 is 1.32 bits per heavy atom. The molecule has 0 saturated heterocycles. The van der Waals surface area contributed by atoms with Crippen molar-refractivity contribution >= 4 is 10.9 Å². The van der Waals surface area contributed by atoms with Gasteiger partial charge < -0.3 is 14.8 Å². The van der Waals surface area contributed by atoms with Gasteiger partial charge in [-0.3, -0.25) is 9.69 Å². The quantitative estimate of drug-likeness (QED) is 0.715. The maximum atomic E-state index is 12.1. The lowest BCUT2D eigenvalue weighted by Gasteiger charge is -2.25. The molecule has 120 valence electrons. The predicted octanol–water partition coefficient (Wildman–Crippen LogP) is 1.14. The van der Waals surface area contributed by atoms with Crippen molar-refractivity contribution in [3.8, 4) is 0 Å². The van der Waals surface area contributed by atoms with E-state index < -0.39 is 0 Å². The molecule has 0 aliphatic rings. The lowest BCUT2D eigenvalue weighted by Crippen LogP contribution is -2.35. The van der Waals surface area contributed by atoms with Gasteiger partial charge in [0.1, 0.15) is 5.82 Å². The Morgan fingerprint density at radius 2 is 2.09 bits per heavy atom. The van der Waals surface area contributed by atoms with Gasteiger partial charge in [-0.15, -0.1) is 0 Å². The average molecular weight is 305 g/mol. The molecule has 0 aliphatic heterocycles. The highest BCUT2D eigenvalue weighted by Crippen LogP contribution is 2.08. The fraction of sp³-hybridized carbons (Fsp3) is 0.500. The Kier molecular flexibility index (Phi) is 6.06. The Balaban J connectivity index is 2.11. The van der Waals surface area contributed by atoms with E-state index in [0.717, 1.165) is 0 Å². The first-order chi connectivity index (χ1) is 10.6. The van der Waals surface area contributed by atoms with Crippen molar-refractivity contribution in [1.82, 2.24) is 14.9 Å². The normalized spacial score (nSPS) is 11.7. The molecule has 0 aliphatic carbocycles. The molecule has 6 nitrogen and oxygen atoms in total. The number of aromatic amines is 1. The number of nitrogens with one attached hydrogen (secondary N) is 1. The molecule has 0 saturated carbocycles. The molecule has 2 N–H and O–H groups in total. The van der Waals surface area contributed by atoms with Crippen molar-refractivity contribution in [2.24, 2.45) is 0 Å². The molecular weight excluding hydrogens is 282 g/mol. The Morgan fingerprint density at radius 3 is 2.82 bits per heavy atom. The van der Waals surface area contributed by atoms with Crippen molar-refractivity contribution in [2.45, 2.75) is 26.4 Å². The van der Waals surface area contributed by atoms with Crippen molar-refractivity contribution < 1.29 is 9.84 Å². The third kappa shape index (κ3) is 4.37. The number of benzene rings is 1. The van der Waals surface area contributed by atoms with Crippen LogP contribution >= 0.6 is 0 Å². The molecule has 6 heteroatoms. The third-order valence-electron chi connectivity index (χ3n) is 3.50.